The summed E-state index contributed by atoms with van der Waals surface area (Å²) in [6, 6.07) is 0. The van der Waals surface area contributed by atoms with Crippen LogP contribution in [0, 0.1) is 0 Å². The fraction of sp³-hybridized carbons (Fsp3) is 0.800. The van der Waals surface area contributed by atoms with E-state index in [2.05, 4.69) is 6.58 Å². The number of ether oxygens (including phenoxy) is 1. The Kier molecular flexibility index (Phi) is 0.217. The number of esters is 1. The van der Waals surface area contributed by atoms with Crippen LogP contribution in [0.15, 0.2) is 12.2 Å². The van der Waals surface area contributed by atoms with Gasteiger partial charge in [-0.1, -0.05) is 0 Å². The van der Waals surface area contributed by atoms with E-state index in [1.807, 2.05) is 6.92 Å². The standard InChI is InChI=1S/C10H11O2.C5H5.Fe/c1-3-8(2)10(11)12-9-6-4-5-7-9;1-2-4-5-3-1;/h4-7H,2-3H2,1H3;1-5H;. The van der Waals surface area contributed by atoms with Gasteiger partial charge in [-0.2, -0.15) is 0 Å². The van der Waals surface area contributed by atoms with Crippen molar-refractivity contribution in [2.75, 3.05) is 0 Å². The van der Waals surface area contributed by atoms with Crippen LogP contribution in [0.2, 0.25) is 43.3 Å². The second kappa shape index (κ2) is 0.563. The monoisotopic (exact) mass is 284 g/mol. The van der Waals surface area contributed by atoms with Crippen molar-refractivity contribution in [2.45, 2.75) is 61.2 Å². The molecule has 10 fully saturated rings. The zero-order chi connectivity index (χ0) is 11.6. The molecule has 0 aliphatic carbocycles. The number of carbonyl (C=O) groups excluding carboxylic acids is 1. The minimum atomic E-state index is -3.17. The van der Waals surface area contributed by atoms with Gasteiger partial charge in [0.25, 0.3) is 0 Å². The van der Waals surface area contributed by atoms with E-state index >= 15 is 0 Å². The average Bonchev–Trinajstić information content (AvgIpc) is 3.30. The number of rotatable bonds is 3. The molecule has 96 valence electrons. The van der Waals surface area contributed by atoms with Gasteiger partial charge in [-0.3, -0.25) is 0 Å². The van der Waals surface area contributed by atoms with Crippen LogP contribution in [-0.2, 0) is 16.0 Å². The summed E-state index contributed by atoms with van der Waals surface area (Å²) >= 11 is 0. The Hall–Kier alpha value is -0.271. The predicted molar refractivity (Wildman–Crippen MR) is 62.0 cm³/mol. The quantitative estimate of drug-likeness (QED) is 0.447. The maximum atomic E-state index is 12.3. The first-order valence-electron chi connectivity index (χ1n) is 7.53. The van der Waals surface area contributed by atoms with Crippen LogP contribution in [-0.4, -0.2) is 10.5 Å². The predicted octanol–water partition coefficient (Wildman–Crippen LogP) is 3.79. The summed E-state index contributed by atoms with van der Waals surface area (Å²) in [6.07, 6.45) is 0.756. The van der Waals surface area contributed by atoms with E-state index in [1.165, 1.54) is 33.7 Å². The van der Waals surface area contributed by atoms with Crippen LogP contribution < -0.4 is 0 Å². The van der Waals surface area contributed by atoms with E-state index in [0.29, 0.717) is 5.57 Å². The minimum absolute atomic E-state index is 0.00875. The van der Waals surface area contributed by atoms with Crippen LogP contribution in [0.5, 0.6) is 0 Å². The van der Waals surface area contributed by atoms with Gasteiger partial charge >= 0.3 is 95.4 Å². The van der Waals surface area contributed by atoms with Crippen LogP contribution in [0.25, 0.3) is 0 Å². The van der Waals surface area contributed by atoms with E-state index in [1.54, 1.807) is 0 Å². The molecule has 0 N–H and O–H groups in total. The Balaban J connectivity index is 1.39. The fourth-order valence-corrected chi connectivity index (χ4v) is 88.8. The van der Waals surface area contributed by atoms with Gasteiger partial charge in [-0.15, -0.1) is 0 Å². The van der Waals surface area contributed by atoms with Gasteiger partial charge in [0.05, 0.1) is 0 Å². The molecular weight excluding hydrogens is 268 g/mol. The summed E-state index contributed by atoms with van der Waals surface area (Å²) in [5.41, 5.74) is 0.714. The molecule has 0 aromatic rings. The molecule has 0 bridgehead atoms. The molecule has 3 heteroatoms. The van der Waals surface area contributed by atoms with Crippen molar-refractivity contribution in [3.63, 3.8) is 0 Å². The molecule has 10 saturated heterocycles. The second-order valence-corrected chi connectivity index (χ2v) is 34.5. The fourth-order valence-electron chi connectivity index (χ4n) is 16.6. The van der Waals surface area contributed by atoms with Crippen LogP contribution >= 0.6 is 0 Å². The van der Waals surface area contributed by atoms with Crippen molar-refractivity contribution in [1.29, 1.82) is 0 Å². The molecular formula is C15H16FeO2. The Labute approximate surface area is 95.4 Å². The van der Waals surface area contributed by atoms with Gasteiger partial charge < -0.3 is 0 Å². The molecule has 10 heterocycles. The summed E-state index contributed by atoms with van der Waals surface area (Å²) in [6.45, 7) is 2.75. The first-order valence-corrected chi connectivity index (χ1v) is 13.8. The van der Waals surface area contributed by atoms with Crippen molar-refractivity contribution >= 4 is 5.97 Å². The van der Waals surface area contributed by atoms with Crippen molar-refractivity contribution in [3.8, 4) is 0 Å². The van der Waals surface area contributed by atoms with Gasteiger partial charge in [0.2, 0.25) is 0 Å². The average molecular weight is 284 g/mol. The SMILES string of the molecule is C=C(CC)C(=O)O[C]12[CH]3[CH]4[CH]5[CH]1[Fe]45321678[CH]2[CH]1[CH]6[CH]7[CH]28. The number of hydrogen-bond donors (Lipinski definition) is 0. The summed E-state index contributed by atoms with van der Waals surface area (Å²) in [5, 5.41) is 0. The molecule has 0 aromatic heterocycles. The number of fused-ring (bicyclic) bond motifs is 10. The zero-order valence-electron chi connectivity index (χ0n) is 10.3. The molecule has 4 unspecified atom stereocenters. The van der Waals surface area contributed by atoms with Crippen molar-refractivity contribution in [2.24, 2.45) is 0 Å². The summed E-state index contributed by atoms with van der Waals surface area (Å²) in [7, 11) is 0. The maximum absolute atomic E-state index is 12.3. The van der Waals surface area contributed by atoms with Gasteiger partial charge in [0.1, 0.15) is 0 Å². The Morgan fingerprint density at radius 1 is 1.11 bits per heavy atom. The summed E-state index contributed by atoms with van der Waals surface area (Å²) in [5.74, 6) is -0.00875. The molecule has 10 aliphatic heterocycles. The first-order chi connectivity index (χ1) is 8.41. The summed E-state index contributed by atoms with van der Waals surface area (Å²) in [4.78, 5) is 23.0. The number of carbonyl (C=O) groups is 1. The van der Waals surface area contributed by atoms with Gasteiger partial charge in [-0.25, -0.2) is 0 Å². The van der Waals surface area contributed by atoms with Gasteiger partial charge in [0.15, 0.2) is 0 Å². The van der Waals surface area contributed by atoms with E-state index < -0.39 is 6.51 Å². The Morgan fingerprint density at radius 3 is 1.89 bits per heavy atom. The Bertz CT molecular complexity index is 971. The molecule has 1 spiro atoms. The molecule has 4 atom stereocenters. The third-order valence-corrected chi connectivity index (χ3v) is 57.3. The molecule has 10 rings (SSSR count). The van der Waals surface area contributed by atoms with Crippen molar-refractivity contribution < 1.29 is 16.0 Å². The Morgan fingerprint density at radius 2 is 1.61 bits per heavy atom. The van der Waals surface area contributed by atoms with Crippen LogP contribution in [0.4, 0.5) is 0 Å². The van der Waals surface area contributed by atoms with Crippen molar-refractivity contribution in [1.82, 2.24) is 0 Å². The van der Waals surface area contributed by atoms with Gasteiger partial charge in [0, 0.05) is 0 Å². The molecule has 0 aromatic carbocycles. The molecule has 0 amide bonds. The second-order valence-electron chi connectivity index (χ2n) is 11.0. The first kappa shape index (κ1) is 6.95. The third-order valence-electron chi connectivity index (χ3n) is 15.5. The van der Waals surface area contributed by atoms with Crippen molar-refractivity contribution in [3.05, 3.63) is 12.2 Å². The van der Waals surface area contributed by atoms with Crippen LogP contribution in [0.3, 0.4) is 0 Å². The summed E-state index contributed by atoms with van der Waals surface area (Å²) < 4.78 is 6.62. The van der Waals surface area contributed by atoms with Crippen LogP contribution in [0.1, 0.15) is 13.3 Å². The topological polar surface area (TPSA) is 26.3 Å². The van der Waals surface area contributed by atoms with E-state index in [0.717, 1.165) is 16.1 Å². The molecule has 18 heavy (non-hydrogen) atoms. The number of hydrogen-bond acceptors (Lipinski definition) is 2. The normalized spacial score (nSPS) is 113. The molecule has 0 radical (unpaired) electrons. The molecule has 0 saturated carbocycles. The van der Waals surface area contributed by atoms with E-state index in [4.69, 9.17) is 4.74 Å². The van der Waals surface area contributed by atoms with E-state index in [-0.39, 0.29) is 10.5 Å². The van der Waals surface area contributed by atoms with E-state index in [9.17, 15) is 4.79 Å². The molecule has 2 nitrogen and oxygen atoms in total. The third kappa shape index (κ3) is 0.0682. The zero-order valence-corrected chi connectivity index (χ0v) is 11.4. The van der Waals surface area contributed by atoms with Gasteiger partial charge in [-0.05, 0) is 0 Å². The molecule has 10 aliphatic rings.